The third-order valence-corrected chi connectivity index (χ3v) is 1.40. The summed E-state index contributed by atoms with van der Waals surface area (Å²) in [5.41, 5.74) is 5.33. The van der Waals surface area contributed by atoms with Gasteiger partial charge in [0.25, 0.3) is 0 Å². The van der Waals surface area contributed by atoms with Crippen LogP contribution in [0.25, 0.3) is 0 Å². The quantitative estimate of drug-likeness (QED) is 0.562. The number of nitrogens with zero attached hydrogens (tertiary/aromatic N) is 1. The number of H-pyrrole nitrogens is 1. The molecular weight excluding hydrogens is 156 g/mol. The van der Waals surface area contributed by atoms with Crippen molar-refractivity contribution < 1.29 is 4.79 Å². The number of aromatic amines is 1. The maximum absolute atomic E-state index is 11.0. The maximum atomic E-state index is 11.0. The summed E-state index contributed by atoms with van der Waals surface area (Å²) in [5.74, 6) is 0.551. The van der Waals surface area contributed by atoms with E-state index in [0.717, 1.165) is 5.82 Å². The number of hydrogen-bond donors (Lipinski definition) is 3. The van der Waals surface area contributed by atoms with E-state index in [0.29, 0.717) is 6.54 Å². The Morgan fingerprint density at radius 3 is 3.17 bits per heavy atom. The van der Waals surface area contributed by atoms with Crippen molar-refractivity contribution in [1.29, 1.82) is 0 Å². The zero-order valence-corrected chi connectivity index (χ0v) is 6.87. The van der Waals surface area contributed by atoms with E-state index in [2.05, 4.69) is 15.3 Å². The highest BCUT2D eigenvalue weighted by atomic mass is 16.2. The number of hydrogen-bond acceptors (Lipinski definition) is 3. The Morgan fingerprint density at radius 2 is 2.67 bits per heavy atom. The minimum Gasteiger partial charge on any atom is -0.348 e. The molecule has 1 atom stereocenters. The van der Waals surface area contributed by atoms with Crippen LogP contribution in [-0.2, 0) is 11.3 Å². The predicted molar refractivity (Wildman–Crippen MR) is 44.1 cm³/mol. The van der Waals surface area contributed by atoms with Gasteiger partial charge in [0.1, 0.15) is 5.82 Å². The number of imidazole rings is 1. The van der Waals surface area contributed by atoms with E-state index >= 15 is 0 Å². The van der Waals surface area contributed by atoms with Crippen molar-refractivity contribution in [3.05, 3.63) is 18.2 Å². The maximum Gasteiger partial charge on any atom is 0.237 e. The van der Waals surface area contributed by atoms with Crippen LogP contribution < -0.4 is 11.1 Å². The fraction of sp³-hybridized carbons (Fsp3) is 0.429. The van der Waals surface area contributed by atoms with E-state index in [1.807, 2.05) is 0 Å². The van der Waals surface area contributed by atoms with Crippen LogP contribution in [0.2, 0.25) is 0 Å². The van der Waals surface area contributed by atoms with E-state index in [9.17, 15) is 4.79 Å². The molecule has 5 heteroatoms. The molecule has 0 bridgehead atoms. The fourth-order valence-electron chi connectivity index (χ4n) is 0.726. The number of carbonyl (C=O) groups excluding carboxylic acids is 1. The molecule has 0 saturated heterocycles. The summed E-state index contributed by atoms with van der Waals surface area (Å²) >= 11 is 0. The van der Waals surface area contributed by atoms with E-state index in [4.69, 9.17) is 5.73 Å². The van der Waals surface area contributed by atoms with Crippen molar-refractivity contribution >= 4 is 5.91 Å². The smallest absolute Gasteiger partial charge is 0.237 e. The van der Waals surface area contributed by atoms with Crippen LogP contribution in [0.3, 0.4) is 0 Å². The molecule has 0 aliphatic carbocycles. The molecule has 1 heterocycles. The minimum atomic E-state index is -0.472. The van der Waals surface area contributed by atoms with Crippen LogP contribution in [0.4, 0.5) is 0 Å². The van der Waals surface area contributed by atoms with Gasteiger partial charge in [-0.2, -0.15) is 0 Å². The van der Waals surface area contributed by atoms with Crippen LogP contribution >= 0.6 is 0 Å². The molecule has 12 heavy (non-hydrogen) atoms. The molecule has 0 spiro atoms. The van der Waals surface area contributed by atoms with Gasteiger partial charge in [-0.3, -0.25) is 4.79 Å². The molecular formula is C7H12N4O. The van der Waals surface area contributed by atoms with Gasteiger partial charge >= 0.3 is 0 Å². The number of nitrogens with one attached hydrogen (secondary N) is 2. The predicted octanol–water partition coefficient (Wildman–Crippen LogP) is -0.627. The van der Waals surface area contributed by atoms with Gasteiger partial charge in [0.2, 0.25) is 5.91 Å². The van der Waals surface area contributed by atoms with Gasteiger partial charge in [-0.1, -0.05) is 0 Å². The first kappa shape index (κ1) is 8.73. The highest BCUT2D eigenvalue weighted by Gasteiger charge is 2.06. The minimum absolute atomic E-state index is 0.175. The second-order valence-corrected chi connectivity index (χ2v) is 2.54. The number of nitrogens with two attached hydrogens (primary N) is 1. The summed E-state index contributed by atoms with van der Waals surface area (Å²) < 4.78 is 0. The first-order chi connectivity index (χ1) is 5.70. The van der Waals surface area contributed by atoms with E-state index in [1.165, 1.54) is 0 Å². The van der Waals surface area contributed by atoms with Gasteiger partial charge in [-0.05, 0) is 6.92 Å². The molecule has 1 amide bonds. The number of carbonyl (C=O) groups is 1. The van der Waals surface area contributed by atoms with Crippen LogP contribution in [0.15, 0.2) is 12.4 Å². The SMILES string of the molecule is C[C@H](N)C(=O)NCc1ncc[nH]1. The average molecular weight is 168 g/mol. The topological polar surface area (TPSA) is 83.8 Å². The average Bonchev–Trinajstić information content (AvgIpc) is 2.51. The second-order valence-electron chi connectivity index (χ2n) is 2.54. The lowest BCUT2D eigenvalue weighted by atomic mass is 10.3. The van der Waals surface area contributed by atoms with Crippen molar-refractivity contribution in [2.75, 3.05) is 0 Å². The molecule has 1 rings (SSSR count). The molecule has 0 aromatic carbocycles. The number of rotatable bonds is 3. The van der Waals surface area contributed by atoms with Crippen LogP contribution in [0, 0.1) is 0 Å². The van der Waals surface area contributed by atoms with Crippen molar-refractivity contribution in [2.24, 2.45) is 5.73 Å². The molecule has 0 saturated carbocycles. The monoisotopic (exact) mass is 168 g/mol. The Balaban J connectivity index is 2.32. The van der Waals surface area contributed by atoms with Crippen molar-refractivity contribution in [3.63, 3.8) is 0 Å². The molecule has 0 aliphatic rings. The Kier molecular flexibility index (Phi) is 2.82. The lowest BCUT2D eigenvalue weighted by molar-refractivity contribution is -0.122. The van der Waals surface area contributed by atoms with E-state index in [-0.39, 0.29) is 5.91 Å². The Bertz CT molecular complexity index is 242. The van der Waals surface area contributed by atoms with Gasteiger partial charge in [0, 0.05) is 12.4 Å². The molecule has 5 nitrogen and oxygen atoms in total. The van der Waals surface area contributed by atoms with Gasteiger partial charge in [0.15, 0.2) is 0 Å². The van der Waals surface area contributed by atoms with Crippen molar-refractivity contribution in [1.82, 2.24) is 15.3 Å². The van der Waals surface area contributed by atoms with Crippen molar-refractivity contribution in [2.45, 2.75) is 19.5 Å². The molecule has 4 N–H and O–H groups in total. The third kappa shape index (κ3) is 2.35. The summed E-state index contributed by atoms with van der Waals surface area (Å²) in [5, 5.41) is 2.63. The molecule has 0 aliphatic heterocycles. The molecule has 1 aromatic heterocycles. The van der Waals surface area contributed by atoms with Gasteiger partial charge in [0.05, 0.1) is 12.6 Å². The highest BCUT2D eigenvalue weighted by molar-refractivity contribution is 5.80. The molecule has 0 radical (unpaired) electrons. The molecule has 66 valence electrons. The zero-order valence-electron chi connectivity index (χ0n) is 6.87. The van der Waals surface area contributed by atoms with Crippen molar-refractivity contribution in [3.8, 4) is 0 Å². The lowest BCUT2D eigenvalue weighted by Crippen LogP contribution is -2.37. The Labute approximate surface area is 70.4 Å². The zero-order chi connectivity index (χ0) is 8.97. The first-order valence-corrected chi connectivity index (χ1v) is 3.71. The second kappa shape index (κ2) is 3.87. The van der Waals surface area contributed by atoms with E-state index < -0.39 is 6.04 Å². The van der Waals surface area contributed by atoms with Crippen LogP contribution in [0.1, 0.15) is 12.7 Å². The summed E-state index contributed by atoms with van der Waals surface area (Å²) in [6.45, 7) is 2.03. The molecule has 0 unspecified atom stereocenters. The van der Waals surface area contributed by atoms with Gasteiger partial charge in [-0.15, -0.1) is 0 Å². The Hall–Kier alpha value is -1.36. The lowest BCUT2D eigenvalue weighted by Gasteiger charge is -2.04. The normalized spacial score (nSPS) is 12.5. The Morgan fingerprint density at radius 1 is 1.92 bits per heavy atom. The molecule has 0 fully saturated rings. The van der Waals surface area contributed by atoms with Crippen LogP contribution in [0.5, 0.6) is 0 Å². The summed E-state index contributed by atoms with van der Waals surface area (Å²) in [4.78, 5) is 17.8. The van der Waals surface area contributed by atoms with Gasteiger partial charge in [-0.25, -0.2) is 4.98 Å². The first-order valence-electron chi connectivity index (χ1n) is 3.71. The molecule has 1 aromatic rings. The van der Waals surface area contributed by atoms with Gasteiger partial charge < -0.3 is 16.0 Å². The van der Waals surface area contributed by atoms with E-state index in [1.54, 1.807) is 19.3 Å². The largest absolute Gasteiger partial charge is 0.348 e. The third-order valence-electron chi connectivity index (χ3n) is 1.40. The summed E-state index contributed by atoms with van der Waals surface area (Å²) in [6.07, 6.45) is 3.33. The standard InChI is InChI=1S/C7H12N4O/c1-5(8)7(12)11-4-6-9-2-3-10-6/h2-3,5H,4,8H2,1H3,(H,9,10)(H,11,12)/t5-/m0/s1. The van der Waals surface area contributed by atoms with Crippen LogP contribution in [-0.4, -0.2) is 21.9 Å². The summed E-state index contributed by atoms with van der Waals surface area (Å²) in [6, 6.07) is -0.472. The summed E-state index contributed by atoms with van der Waals surface area (Å²) in [7, 11) is 0. The fourth-order valence-corrected chi connectivity index (χ4v) is 0.726. The number of amides is 1. The highest BCUT2D eigenvalue weighted by Crippen LogP contribution is 1.86. The number of aromatic nitrogens is 2.